The highest BCUT2D eigenvalue weighted by Gasteiger charge is 2.27. The van der Waals surface area contributed by atoms with E-state index in [1.165, 1.54) is 0 Å². The molecule has 0 bridgehead atoms. The Kier molecular flexibility index (Phi) is 2.66. The van der Waals surface area contributed by atoms with Crippen molar-refractivity contribution in [3.05, 3.63) is 0 Å². The molecule has 1 aliphatic rings. The molecule has 1 aliphatic heterocycles. The number of alkyl halides is 1. The van der Waals surface area contributed by atoms with Crippen LogP contribution in [0.4, 0.5) is 4.39 Å². The Morgan fingerprint density at radius 1 is 1.50 bits per heavy atom. The van der Waals surface area contributed by atoms with Gasteiger partial charge in [0.25, 0.3) is 0 Å². The van der Waals surface area contributed by atoms with E-state index in [1.807, 2.05) is 13.8 Å². The van der Waals surface area contributed by atoms with Crippen molar-refractivity contribution in [3.8, 4) is 0 Å². The predicted molar refractivity (Wildman–Crippen MR) is 38.7 cm³/mol. The molecule has 0 saturated carbocycles. The van der Waals surface area contributed by atoms with E-state index in [1.54, 1.807) is 0 Å². The summed E-state index contributed by atoms with van der Waals surface area (Å²) in [6, 6.07) is 0. The van der Waals surface area contributed by atoms with Gasteiger partial charge in [-0.05, 0) is 12.3 Å². The smallest absolute Gasteiger partial charge is 0.107 e. The van der Waals surface area contributed by atoms with Crippen LogP contribution < -0.4 is 0 Å². The molecule has 60 valence electrons. The van der Waals surface area contributed by atoms with Crippen LogP contribution >= 0.6 is 0 Å². The zero-order valence-corrected chi connectivity index (χ0v) is 6.64. The van der Waals surface area contributed by atoms with Gasteiger partial charge in [-0.1, -0.05) is 13.8 Å². The molecule has 10 heavy (non-hydrogen) atoms. The van der Waals surface area contributed by atoms with Gasteiger partial charge in [0, 0.05) is 12.5 Å². The van der Waals surface area contributed by atoms with Gasteiger partial charge in [0.2, 0.25) is 0 Å². The normalized spacial score (nSPS) is 29.4. The Morgan fingerprint density at radius 3 is 2.60 bits per heavy atom. The van der Waals surface area contributed by atoms with Gasteiger partial charge in [0.05, 0.1) is 6.61 Å². The predicted octanol–water partition coefficient (Wildman–Crippen LogP) is 2.02. The maximum absolute atomic E-state index is 13.2. The first-order valence-electron chi connectivity index (χ1n) is 3.93. The molecule has 0 aliphatic carbocycles. The van der Waals surface area contributed by atoms with Crippen LogP contribution in [0.5, 0.6) is 0 Å². The minimum absolute atomic E-state index is 0.145. The summed E-state index contributed by atoms with van der Waals surface area (Å²) in [5, 5.41) is 0. The van der Waals surface area contributed by atoms with Crippen molar-refractivity contribution in [1.29, 1.82) is 0 Å². The summed E-state index contributed by atoms with van der Waals surface area (Å²) in [7, 11) is 0. The molecule has 1 fully saturated rings. The van der Waals surface area contributed by atoms with E-state index >= 15 is 0 Å². The second-order valence-electron chi connectivity index (χ2n) is 3.31. The second kappa shape index (κ2) is 3.33. The van der Waals surface area contributed by atoms with Gasteiger partial charge < -0.3 is 4.74 Å². The number of hydrogen-bond donors (Lipinski definition) is 0. The standard InChI is InChI=1S/C8H15FO/c1-6(2)8(9)7-3-4-10-5-7/h6-8H,3-5H2,1-2H3/t7-,8?/m1/s1. The van der Waals surface area contributed by atoms with Gasteiger partial charge in [-0.15, -0.1) is 0 Å². The SMILES string of the molecule is CC(C)C(F)[C@@H]1CCOC1. The fourth-order valence-electron chi connectivity index (χ4n) is 1.35. The van der Waals surface area contributed by atoms with Crippen molar-refractivity contribution in [2.75, 3.05) is 13.2 Å². The van der Waals surface area contributed by atoms with Crippen molar-refractivity contribution in [2.45, 2.75) is 26.4 Å². The third-order valence-corrected chi connectivity index (χ3v) is 2.05. The lowest BCUT2D eigenvalue weighted by Gasteiger charge is -2.16. The Bertz CT molecular complexity index is 97.4. The van der Waals surface area contributed by atoms with E-state index in [9.17, 15) is 4.39 Å². The molecule has 0 radical (unpaired) electrons. The first-order chi connectivity index (χ1) is 4.72. The summed E-state index contributed by atoms with van der Waals surface area (Å²) in [4.78, 5) is 0. The highest BCUT2D eigenvalue weighted by molar-refractivity contribution is 4.74. The molecule has 2 atom stereocenters. The summed E-state index contributed by atoms with van der Waals surface area (Å²) in [6.45, 7) is 5.21. The topological polar surface area (TPSA) is 9.23 Å². The molecule has 1 unspecified atom stereocenters. The van der Waals surface area contributed by atoms with Crippen LogP contribution in [0, 0.1) is 11.8 Å². The molecule has 1 saturated heterocycles. The lowest BCUT2D eigenvalue weighted by molar-refractivity contribution is 0.131. The summed E-state index contributed by atoms with van der Waals surface area (Å²) in [5.41, 5.74) is 0. The maximum Gasteiger partial charge on any atom is 0.107 e. The highest BCUT2D eigenvalue weighted by atomic mass is 19.1. The summed E-state index contributed by atoms with van der Waals surface area (Å²) < 4.78 is 18.2. The van der Waals surface area contributed by atoms with Crippen molar-refractivity contribution in [1.82, 2.24) is 0 Å². The van der Waals surface area contributed by atoms with Crippen molar-refractivity contribution in [3.63, 3.8) is 0 Å². The number of rotatable bonds is 2. The Balaban J connectivity index is 2.32. The second-order valence-corrected chi connectivity index (χ2v) is 3.31. The molecule has 1 rings (SSSR count). The summed E-state index contributed by atoms with van der Waals surface area (Å²) in [5.74, 6) is 0.312. The van der Waals surface area contributed by atoms with Gasteiger partial charge >= 0.3 is 0 Å². The lowest BCUT2D eigenvalue weighted by atomic mass is 9.94. The van der Waals surface area contributed by atoms with Crippen molar-refractivity contribution in [2.24, 2.45) is 11.8 Å². The minimum Gasteiger partial charge on any atom is -0.381 e. The molecular weight excluding hydrogens is 131 g/mol. The number of halogens is 1. The van der Waals surface area contributed by atoms with Crippen molar-refractivity contribution < 1.29 is 9.13 Å². The molecule has 0 aromatic carbocycles. The number of ether oxygens (including phenoxy) is 1. The van der Waals surface area contributed by atoms with Gasteiger partial charge in [0.15, 0.2) is 0 Å². The van der Waals surface area contributed by atoms with Gasteiger partial charge in [0.1, 0.15) is 6.17 Å². The zero-order chi connectivity index (χ0) is 7.56. The van der Waals surface area contributed by atoms with E-state index in [-0.39, 0.29) is 11.8 Å². The van der Waals surface area contributed by atoms with Gasteiger partial charge in [-0.2, -0.15) is 0 Å². The van der Waals surface area contributed by atoms with E-state index in [2.05, 4.69) is 0 Å². The Labute approximate surface area is 61.6 Å². The molecule has 0 N–H and O–H groups in total. The average Bonchev–Trinajstić information content (AvgIpc) is 2.36. The van der Waals surface area contributed by atoms with E-state index < -0.39 is 6.17 Å². The van der Waals surface area contributed by atoms with Crippen LogP contribution in [0.15, 0.2) is 0 Å². The maximum atomic E-state index is 13.2. The summed E-state index contributed by atoms with van der Waals surface area (Å²) in [6.07, 6.45) is 0.238. The zero-order valence-electron chi connectivity index (χ0n) is 6.64. The third kappa shape index (κ3) is 1.69. The third-order valence-electron chi connectivity index (χ3n) is 2.05. The Morgan fingerprint density at radius 2 is 2.20 bits per heavy atom. The van der Waals surface area contributed by atoms with Crippen LogP contribution in [0.25, 0.3) is 0 Å². The molecule has 0 amide bonds. The first-order valence-corrected chi connectivity index (χ1v) is 3.93. The van der Waals surface area contributed by atoms with E-state index in [4.69, 9.17) is 4.74 Å². The summed E-state index contributed by atoms with van der Waals surface area (Å²) >= 11 is 0. The molecule has 0 aromatic rings. The largest absolute Gasteiger partial charge is 0.381 e. The first kappa shape index (κ1) is 7.99. The van der Waals surface area contributed by atoms with Crippen LogP contribution in [0.1, 0.15) is 20.3 Å². The quantitative estimate of drug-likeness (QED) is 0.579. The van der Waals surface area contributed by atoms with E-state index in [0.29, 0.717) is 6.61 Å². The Hall–Kier alpha value is -0.110. The molecule has 1 heterocycles. The lowest BCUT2D eigenvalue weighted by Crippen LogP contribution is -2.21. The molecule has 0 spiro atoms. The fourth-order valence-corrected chi connectivity index (χ4v) is 1.35. The van der Waals surface area contributed by atoms with Crippen LogP contribution in [-0.2, 0) is 4.74 Å². The van der Waals surface area contributed by atoms with Gasteiger partial charge in [-0.3, -0.25) is 0 Å². The molecular formula is C8H15FO. The van der Waals surface area contributed by atoms with Crippen LogP contribution in [0.2, 0.25) is 0 Å². The monoisotopic (exact) mass is 146 g/mol. The number of hydrogen-bond acceptors (Lipinski definition) is 1. The molecule has 0 aromatic heterocycles. The molecule has 1 nitrogen and oxygen atoms in total. The van der Waals surface area contributed by atoms with E-state index in [0.717, 1.165) is 13.0 Å². The minimum atomic E-state index is -0.664. The average molecular weight is 146 g/mol. The highest BCUT2D eigenvalue weighted by Crippen LogP contribution is 2.24. The fraction of sp³-hybridized carbons (Fsp3) is 1.00. The molecule has 2 heteroatoms. The van der Waals surface area contributed by atoms with Crippen LogP contribution in [0.3, 0.4) is 0 Å². The van der Waals surface area contributed by atoms with Crippen molar-refractivity contribution >= 4 is 0 Å². The van der Waals surface area contributed by atoms with Gasteiger partial charge in [-0.25, -0.2) is 4.39 Å². The van der Waals surface area contributed by atoms with Crippen LogP contribution in [-0.4, -0.2) is 19.4 Å².